The fourth-order valence-electron chi connectivity index (χ4n) is 6.05. The van der Waals surface area contributed by atoms with E-state index in [4.69, 9.17) is 16.3 Å². The molecule has 1 aromatic carbocycles. The van der Waals surface area contributed by atoms with Crippen LogP contribution in [0.25, 0.3) is 0 Å². The highest BCUT2D eigenvalue weighted by molar-refractivity contribution is 6.30. The second kappa shape index (κ2) is 8.03. The van der Waals surface area contributed by atoms with E-state index in [1.165, 1.54) is 24.1 Å². The minimum Gasteiger partial charge on any atom is -0.389 e. The smallest absolute Gasteiger partial charge is 0.0900 e. The zero-order valence-electron chi connectivity index (χ0n) is 18.5. The molecule has 0 aromatic heterocycles. The van der Waals surface area contributed by atoms with Gasteiger partial charge in [0.1, 0.15) is 0 Å². The third-order valence-electron chi connectivity index (χ3n) is 8.56. The van der Waals surface area contributed by atoms with Gasteiger partial charge in [0.15, 0.2) is 0 Å². The van der Waals surface area contributed by atoms with Crippen LogP contribution in [0.4, 0.5) is 5.69 Å². The van der Waals surface area contributed by atoms with Crippen LogP contribution in [0.15, 0.2) is 18.2 Å². The summed E-state index contributed by atoms with van der Waals surface area (Å²) in [4.78, 5) is 4.76. The van der Waals surface area contributed by atoms with E-state index in [1.807, 2.05) is 6.07 Å². The van der Waals surface area contributed by atoms with Gasteiger partial charge in [-0.2, -0.15) is 0 Å². The number of nitrogens with zero attached hydrogens (tertiary/aromatic N) is 2. The van der Waals surface area contributed by atoms with Gasteiger partial charge in [-0.1, -0.05) is 38.4 Å². The minimum absolute atomic E-state index is 0.262. The van der Waals surface area contributed by atoms with Crippen LogP contribution in [0.1, 0.15) is 45.6 Å². The fourth-order valence-corrected chi connectivity index (χ4v) is 6.22. The van der Waals surface area contributed by atoms with Gasteiger partial charge in [-0.3, -0.25) is 4.90 Å². The number of hydrogen-bond donors (Lipinski definition) is 1. The number of halogens is 1. The minimum atomic E-state index is -0.416. The Kier molecular flexibility index (Phi) is 5.93. The molecule has 3 fully saturated rings. The molecule has 1 heterocycles. The van der Waals surface area contributed by atoms with Crippen LogP contribution >= 0.6 is 11.6 Å². The van der Waals surface area contributed by atoms with E-state index in [0.29, 0.717) is 24.7 Å². The highest BCUT2D eigenvalue weighted by atomic mass is 35.5. The monoisotopic (exact) mass is 420 g/mol. The number of fused-ring (bicyclic) bond motifs is 2. The van der Waals surface area contributed by atoms with Crippen molar-refractivity contribution >= 4 is 17.3 Å². The molecule has 2 saturated carbocycles. The molecular weight excluding hydrogens is 384 g/mol. The Bertz CT molecular complexity index is 732. The van der Waals surface area contributed by atoms with E-state index >= 15 is 0 Å². The summed E-state index contributed by atoms with van der Waals surface area (Å²) in [5.41, 5.74) is 3.11. The van der Waals surface area contributed by atoms with Gasteiger partial charge in [-0.05, 0) is 60.6 Å². The summed E-state index contributed by atoms with van der Waals surface area (Å²) in [7, 11) is 0. The van der Waals surface area contributed by atoms with Crippen LogP contribution in [0.3, 0.4) is 0 Å². The maximum atomic E-state index is 10.6. The molecule has 0 amide bonds. The number of benzene rings is 1. The number of aryl methyl sites for hydroxylation is 1. The number of rotatable bonds is 6. The van der Waals surface area contributed by atoms with E-state index in [9.17, 15) is 5.11 Å². The van der Waals surface area contributed by atoms with E-state index in [-0.39, 0.29) is 5.41 Å². The normalized spacial score (nSPS) is 32.7. The van der Waals surface area contributed by atoms with Crippen molar-refractivity contribution in [2.24, 2.45) is 16.7 Å². The lowest BCUT2D eigenvalue weighted by molar-refractivity contribution is -0.0794. The van der Waals surface area contributed by atoms with Crippen molar-refractivity contribution in [1.82, 2.24) is 4.90 Å². The summed E-state index contributed by atoms with van der Waals surface area (Å²) in [5, 5.41) is 11.4. The van der Waals surface area contributed by atoms with Crippen molar-refractivity contribution in [1.29, 1.82) is 0 Å². The number of ether oxygens (including phenoxy) is 1. The largest absolute Gasteiger partial charge is 0.389 e. The topological polar surface area (TPSA) is 35.9 Å². The molecule has 29 heavy (non-hydrogen) atoms. The lowest BCUT2D eigenvalue weighted by atomic mass is 9.70. The first-order valence-electron chi connectivity index (χ1n) is 11.2. The van der Waals surface area contributed by atoms with Crippen LogP contribution in [-0.2, 0) is 4.74 Å². The maximum absolute atomic E-state index is 10.6. The summed E-state index contributed by atoms with van der Waals surface area (Å²) in [6.07, 6.45) is 3.64. The Morgan fingerprint density at radius 1 is 1.21 bits per heavy atom. The predicted octanol–water partition coefficient (Wildman–Crippen LogP) is 4.36. The molecule has 2 aliphatic carbocycles. The summed E-state index contributed by atoms with van der Waals surface area (Å²) in [5.74, 6) is 0.776. The summed E-state index contributed by atoms with van der Waals surface area (Å²) in [6.45, 7) is 14.3. The molecule has 3 aliphatic rings. The molecular formula is C24H37ClN2O2. The summed E-state index contributed by atoms with van der Waals surface area (Å²) < 4.78 is 6.30. The highest BCUT2D eigenvalue weighted by Gasteiger charge is 2.61. The van der Waals surface area contributed by atoms with Crippen molar-refractivity contribution in [3.8, 4) is 0 Å². The number of anilines is 1. The van der Waals surface area contributed by atoms with E-state index in [2.05, 4.69) is 49.6 Å². The Morgan fingerprint density at radius 3 is 2.55 bits per heavy atom. The molecule has 0 radical (unpaired) electrons. The zero-order valence-corrected chi connectivity index (χ0v) is 19.2. The van der Waals surface area contributed by atoms with Crippen LogP contribution in [0.5, 0.6) is 0 Å². The van der Waals surface area contributed by atoms with E-state index in [0.717, 1.165) is 43.5 Å². The second-order valence-electron chi connectivity index (χ2n) is 10.3. The Labute approximate surface area is 181 Å². The fraction of sp³-hybridized carbons (Fsp3) is 0.750. The quantitative estimate of drug-likeness (QED) is 0.741. The number of hydrogen-bond acceptors (Lipinski definition) is 4. The molecule has 2 bridgehead atoms. The first kappa shape index (κ1) is 21.4. The zero-order chi connectivity index (χ0) is 20.8. The lowest BCUT2D eigenvalue weighted by Gasteiger charge is -2.40. The van der Waals surface area contributed by atoms with Crippen molar-refractivity contribution in [2.45, 2.75) is 59.2 Å². The third-order valence-corrected chi connectivity index (χ3v) is 8.79. The average Bonchev–Trinajstić information content (AvgIpc) is 3.02. The molecule has 4 atom stereocenters. The van der Waals surface area contributed by atoms with Gasteiger partial charge in [0.05, 0.1) is 18.8 Å². The molecule has 1 aromatic rings. The Hall–Kier alpha value is -0.810. The second-order valence-corrected chi connectivity index (χ2v) is 10.7. The van der Waals surface area contributed by atoms with Crippen LogP contribution in [-0.4, -0.2) is 61.5 Å². The standard InChI is InChI=1S/C24H37ClN2O2/c1-17-5-6-19(25)14-21(17)27-11-9-26(10-12-27)15-20(28)16-29-22-13-18-7-8-24(22,4)23(18,2)3/h5-6,14,18,20,22,28H,7-13,15-16H2,1-4H3/t18-,20-,22+,24-/m0/s1. The van der Waals surface area contributed by atoms with Crippen molar-refractivity contribution in [3.05, 3.63) is 28.8 Å². The first-order chi connectivity index (χ1) is 13.7. The van der Waals surface area contributed by atoms with Crippen molar-refractivity contribution in [2.75, 3.05) is 44.2 Å². The molecule has 5 heteroatoms. The molecule has 162 valence electrons. The SMILES string of the molecule is Cc1ccc(Cl)cc1N1CCN(C[C@H](O)CO[C@@H]2C[C@@H]3CC[C@]2(C)C3(C)C)CC1. The van der Waals surface area contributed by atoms with E-state index < -0.39 is 6.10 Å². The summed E-state index contributed by atoms with van der Waals surface area (Å²) >= 11 is 6.19. The van der Waals surface area contributed by atoms with Crippen molar-refractivity contribution < 1.29 is 9.84 Å². The molecule has 4 rings (SSSR count). The first-order valence-corrected chi connectivity index (χ1v) is 11.6. The summed E-state index contributed by atoms with van der Waals surface area (Å²) in [6, 6.07) is 6.10. The van der Waals surface area contributed by atoms with Crippen LogP contribution in [0.2, 0.25) is 5.02 Å². The van der Waals surface area contributed by atoms with Crippen molar-refractivity contribution in [3.63, 3.8) is 0 Å². The van der Waals surface area contributed by atoms with Gasteiger partial charge in [0.2, 0.25) is 0 Å². The average molecular weight is 421 g/mol. The van der Waals surface area contributed by atoms with Crippen LogP contribution in [0, 0.1) is 23.7 Å². The molecule has 0 spiro atoms. The molecule has 0 unspecified atom stereocenters. The Morgan fingerprint density at radius 2 is 1.93 bits per heavy atom. The molecule has 4 nitrogen and oxygen atoms in total. The van der Waals surface area contributed by atoms with Gasteiger partial charge < -0.3 is 14.7 Å². The number of aliphatic hydroxyl groups is 1. The predicted molar refractivity (Wildman–Crippen MR) is 120 cm³/mol. The van der Waals surface area contributed by atoms with E-state index in [1.54, 1.807) is 0 Å². The lowest BCUT2D eigenvalue weighted by Crippen LogP contribution is -2.49. The van der Waals surface area contributed by atoms with Gasteiger partial charge >= 0.3 is 0 Å². The maximum Gasteiger partial charge on any atom is 0.0900 e. The number of aliphatic hydroxyl groups excluding tert-OH is 1. The molecule has 1 aliphatic heterocycles. The van der Waals surface area contributed by atoms with Gasteiger partial charge in [-0.25, -0.2) is 0 Å². The number of β-amino-alcohol motifs (C(OH)–C–C–N with tert-alkyl or cyclic N) is 1. The third kappa shape index (κ3) is 3.94. The Balaban J connectivity index is 1.24. The highest BCUT2D eigenvalue weighted by Crippen LogP contribution is 2.66. The van der Waals surface area contributed by atoms with Gasteiger partial charge in [0, 0.05) is 43.4 Å². The van der Waals surface area contributed by atoms with Gasteiger partial charge in [0.25, 0.3) is 0 Å². The molecule has 1 saturated heterocycles. The van der Waals surface area contributed by atoms with Gasteiger partial charge in [-0.15, -0.1) is 0 Å². The number of piperazine rings is 1. The molecule has 1 N–H and O–H groups in total. The van der Waals surface area contributed by atoms with Crippen LogP contribution < -0.4 is 4.90 Å².